The Morgan fingerprint density at radius 3 is 2.60 bits per heavy atom. The van der Waals surface area contributed by atoms with Gasteiger partial charge in [0.1, 0.15) is 11.3 Å². The van der Waals surface area contributed by atoms with E-state index in [-0.39, 0.29) is 12.0 Å². The van der Waals surface area contributed by atoms with E-state index in [1.54, 1.807) is 0 Å². The summed E-state index contributed by atoms with van der Waals surface area (Å²) in [5.41, 5.74) is 1.28. The maximum atomic E-state index is 13.0. The number of fused-ring (bicyclic) bond motifs is 1. The quantitative estimate of drug-likeness (QED) is 0.745. The van der Waals surface area contributed by atoms with Gasteiger partial charge >= 0.3 is 0 Å². The van der Waals surface area contributed by atoms with Crippen LogP contribution in [-0.2, 0) is 0 Å². The van der Waals surface area contributed by atoms with Gasteiger partial charge in [0.05, 0.1) is 11.5 Å². The number of hydrogen-bond acceptors (Lipinski definition) is 4. The fourth-order valence-corrected chi connectivity index (χ4v) is 3.63. The number of carbonyl (C=O) groups is 1. The molecule has 2 heterocycles. The summed E-state index contributed by atoms with van der Waals surface area (Å²) in [7, 11) is 0. The summed E-state index contributed by atoms with van der Waals surface area (Å²) >= 11 is 3.36. The summed E-state index contributed by atoms with van der Waals surface area (Å²) in [6.07, 6.45) is 1.17. The molecular weight excluding hydrogens is 384 g/mol. The van der Waals surface area contributed by atoms with E-state index in [0.717, 1.165) is 44.5 Å². The number of benzene rings is 1. The van der Waals surface area contributed by atoms with Crippen molar-refractivity contribution in [2.24, 2.45) is 0 Å². The predicted molar refractivity (Wildman–Crippen MR) is 102 cm³/mol. The molecule has 0 radical (unpaired) electrons. The smallest absolute Gasteiger partial charge is 0.254 e. The zero-order valence-electron chi connectivity index (χ0n) is 15.0. The number of hydrogen-bond donors (Lipinski definition) is 0. The van der Waals surface area contributed by atoms with Crippen LogP contribution in [-0.4, -0.2) is 54.5 Å². The minimum atomic E-state index is 0.0276. The van der Waals surface area contributed by atoms with Crippen LogP contribution >= 0.6 is 15.9 Å². The molecule has 1 saturated heterocycles. The molecule has 2 aromatic rings. The van der Waals surface area contributed by atoms with Gasteiger partial charge in [0.15, 0.2) is 4.67 Å². The lowest BCUT2D eigenvalue weighted by Gasteiger charge is -2.34. The molecule has 25 heavy (non-hydrogen) atoms. The second-order valence-corrected chi connectivity index (χ2v) is 7.52. The fourth-order valence-electron chi connectivity index (χ4n) is 3.22. The average Bonchev–Trinajstić information content (AvgIpc) is 2.95. The molecule has 1 aromatic heterocycles. The zero-order valence-corrected chi connectivity index (χ0v) is 16.6. The number of ether oxygens (including phenoxy) is 1. The van der Waals surface area contributed by atoms with Crippen LogP contribution in [0, 0.1) is 0 Å². The van der Waals surface area contributed by atoms with E-state index < -0.39 is 0 Å². The van der Waals surface area contributed by atoms with Gasteiger partial charge in [0.25, 0.3) is 5.91 Å². The minimum Gasteiger partial charge on any atom is -0.490 e. The topological polar surface area (TPSA) is 45.9 Å². The Morgan fingerprint density at radius 2 is 1.96 bits per heavy atom. The van der Waals surface area contributed by atoms with E-state index >= 15 is 0 Å². The van der Waals surface area contributed by atoms with Crippen LogP contribution in [0.4, 0.5) is 0 Å². The molecule has 1 amide bonds. The lowest BCUT2D eigenvalue weighted by molar-refractivity contribution is 0.0637. The highest BCUT2D eigenvalue weighted by molar-refractivity contribution is 9.10. The largest absolute Gasteiger partial charge is 0.490 e. The highest BCUT2D eigenvalue weighted by atomic mass is 79.9. The van der Waals surface area contributed by atoms with Crippen molar-refractivity contribution in [1.29, 1.82) is 0 Å². The van der Waals surface area contributed by atoms with Gasteiger partial charge in [-0.25, -0.2) is 0 Å². The summed E-state index contributed by atoms with van der Waals surface area (Å²) in [6, 6.07) is 5.53. The highest BCUT2D eigenvalue weighted by Crippen LogP contribution is 2.33. The lowest BCUT2D eigenvalue weighted by Crippen LogP contribution is -2.48. The molecule has 0 N–H and O–H groups in total. The molecule has 0 spiro atoms. The van der Waals surface area contributed by atoms with Gasteiger partial charge in [0, 0.05) is 37.8 Å². The third-order valence-electron chi connectivity index (χ3n) is 4.38. The number of carbonyl (C=O) groups excluding carboxylic acids is 1. The van der Waals surface area contributed by atoms with Gasteiger partial charge in [-0.1, -0.05) is 6.92 Å². The van der Waals surface area contributed by atoms with Crippen molar-refractivity contribution in [2.75, 3.05) is 32.7 Å². The standard InChI is InChI=1S/C19H25BrN2O3/c1-4-5-21-6-8-22(9-7-21)19(23)14-10-16(24-13(2)3)15-12-18(20)25-17(15)11-14/h10-13H,4-9H2,1-3H3. The molecule has 1 aliphatic rings. The van der Waals surface area contributed by atoms with Crippen LogP contribution in [0.15, 0.2) is 27.3 Å². The third kappa shape index (κ3) is 4.18. The summed E-state index contributed by atoms with van der Waals surface area (Å²) in [5.74, 6) is 0.731. The van der Waals surface area contributed by atoms with Crippen molar-refractivity contribution in [3.63, 3.8) is 0 Å². The maximum Gasteiger partial charge on any atom is 0.254 e. The molecule has 0 atom stereocenters. The summed E-state index contributed by atoms with van der Waals surface area (Å²) in [6.45, 7) is 10.6. The molecule has 0 unspecified atom stereocenters. The highest BCUT2D eigenvalue weighted by Gasteiger charge is 2.23. The predicted octanol–water partition coefficient (Wildman–Crippen LogP) is 4.15. The third-order valence-corrected chi connectivity index (χ3v) is 4.77. The van der Waals surface area contributed by atoms with E-state index in [4.69, 9.17) is 9.15 Å². The summed E-state index contributed by atoms with van der Waals surface area (Å²) in [4.78, 5) is 17.3. The van der Waals surface area contributed by atoms with Crippen LogP contribution in [0.3, 0.4) is 0 Å². The number of rotatable bonds is 5. The van der Waals surface area contributed by atoms with E-state index in [9.17, 15) is 4.79 Å². The van der Waals surface area contributed by atoms with Gasteiger partial charge < -0.3 is 14.1 Å². The number of piperazine rings is 1. The number of amides is 1. The molecule has 1 fully saturated rings. The van der Waals surface area contributed by atoms with Crippen molar-refractivity contribution < 1.29 is 13.9 Å². The van der Waals surface area contributed by atoms with E-state index in [1.807, 2.05) is 36.9 Å². The Kier molecular flexibility index (Phi) is 5.69. The Bertz CT molecular complexity index is 748. The molecular formula is C19H25BrN2O3. The van der Waals surface area contributed by atoms with E-state index in [1.165, 1.54) is 0 Å². The Balaban J connectivity index is 1.84. The number of nitrogens with zero attached hydrogens (tertiary/aromatic N) is 2. The lowest BCUT2D eigenvalue weighted by atomic mass is 10.1. The van der Waals surface area contributed by atoms with Crippen LogP contribution < -0.4 is 4.74 Å². The van der Waals surface area contributed by atoms with Crippen LogP contribution in [0.5, 0.6) is 5.75 Å². The first-order valence-electron chi connectivity index (χ1n) is 8.89. The molecule has 136 valence electrons. The van der Waals surface area contributed by atoms with Crippen molar-refractivity contribution in [3.05, 3.63) is 28.4 Å². The second kappa shape index (κ2) is 7.79. The molecule has 0 saturated carbocycles. The van der Waals surface area contributed by atoms with E-state index in [2.05, 4.69) is 27.8 Å². The molecule has 5 nitrogen and oxygen atoms in total. The average molecular weight is 409 g/mol. The molecule has 1 aliphatic heterocycles. The Hall–Kier alpha value is -1.53. The monoisotopic (exact) mass is 408 g/mol. The molecule has 6 heteroatoms. The zero-order chi connectivity index (χ0) is 18.0. The van der Waals surface area contributed by atoms with Gasteiger partial charge in [-0.15, -0.1) is 0 Å². The summed E-state index contributed by atoms with van der Waals surface area (Å²) < 4.78 is 12.2. The molecule has 1 aromatic carbocycles. The normalized spacial score (nSPS) is 16.0. The molecule has 3 rings (SSSR count). The van der Waals surface area contributed by atoms with Crippen molar-refractivity contribution in [3.8, 4) is 5.75 Å². The Labute approximate surface area is 157 Å². The Morgan fingerprint density at radius 1 is 1.24 bits per heavy atom. The SMILES string of the molecule is CCCN1CCN(C(=O)c2cc(OC(C)C)c3cc(Br)oc3c2)CC1. The maximum absolute atomic E-state index is 13.0. The van der Waals surface area contributed by atoms with Crippen molar-refractivity contribution in [1.82, 2.24) is 9.80 Å². The van der Waals surface area contributed by atoms with Gasteiger partial charge in [-0.3, -0.25) is 9.69 Å². The van der Waals surface area contributed by atoms with Gasteiger partial charge in [-0.05, 0) is 54.9 Å². The first-order valence-corrected chi connectivity index (χ1v) is 9.68. The number of furan rings is 1. The molecule has 0 bridgehead atoms. The first-order chi connectivity index (χ1) is 12.0. The van der Waals surface area contributed by atoms with Crippen molar-refractivity contribution in [2.45, 2.75) is 33.3 Å². The van der Waals surface area contributed by atoms with Crippen LogP contribution in [0.25, 0.3) is 11.0 Å². The van der Waals surface area contributed by atoms with Gasteiger partial charge in [-0.2, -0.15) is 0 Å². The second-order valence-electron chi connectivity index (χ2n) is 6.74. The molecule has 0 aliphatic carbocycles. The van der Waals surface area contributed by atoms with Crippen LogP contribution in [0.2, 0.25) is 0 Å². The van der Waals surface area contributed by atoms with E-state index in [0.29, 0.717) is 21.6 Å². The summed E-state index contributed by atoms with van der Waals surface area (Å²) in [5, 5.41) is 0.880. The van der Waals surface area contributed by atoms with Gasteiger partial charge in [0.2, 0.25) is 0 Å². The fraction of sp³-hybridized carbons (Fsp3) is 0.526. The first kappa shape index (κ1) is 18.3. The minimum absolute atomic E-state index is 0.0276. The number of halogens is 1. The van der Waals surface area contributed by atoms with Crippen LogP contribution in [0.1, 0.15) is 37.6 Å². The van der Waals surface area contributed by atoms with Crippen molar-refractivity contribution >= 4 is 32.8 Å².